The van der Waals surface area contributed by atoms with Gasteiger partial charge in [0.05, 0.1) is 21.8 Å². The van der Waals surface area contributed by atoms with Crippen LogP contribution in [-0.4, -0.2) is 112 Å². The van der Waals surface area contributed by atoms with Crippen LogP contribution in [0.2, 0.25) is 10.3 Å². The summed E-state index contributed by atoms with van der Waals surface area (Å²) in [6.07, 6.45) is 8.06. The number of rotatable bonds is 8. The average Bonchev–Trinajstić information content (AvgIpc) is 4.19. The first-order valence-corrected chi connectivity index (χ1v) is 26.6. The first-order valence-electron chi connectivity index (χ1n) is 22.1. The number of fused-ring (bicyclic) bond motifs is 6. The van der Waals surface area contributed by atoms with Crippen LogP contribution in [0.25, 0.3) is 43.9 Å². The van der Waals surface area contributed by atoms with E-state index >= 15 is 0 Å². The summed E-state index contributed by atoms with van der Waals surface area (Å²) in [5.74, 6) is -1.41. The number of aromatic nitrogens is 8. The molecule has 22 heteroatoms. The fourth-order valence-electron chi connectivity index (χ4n) is 9.49. The van der Waals surface area contributed by atoms with Crippen LogP contribution in [0.5, 0.6) is 0 Å². The molecule has 6 aromatic heterocycles. The summed E-state index contributed by atoms with van der Waals surface area (Å²) in [4.78, 5) is 30.2. The molecule has 0 bridgehead atoms. The van der Waals surface area contributed by atoms with Gasteiger partial charge >= 0.3 is 29.6 Å². The van der Waals surface area contributed by atoms with Crippen molar-refractivity contribution >= 4 is 133 Å². The van der Waals surface area contributed by atoms with E-state index in [1.54, 1.807) is 6.20 Å². The number of alkyl halides is 1. The summed E-state index contributed by atoms with van der Waals surface area (Å²) in [5, 5.41) is 8.00. The second-order valence-electron chi connectivity index (χ2n) is 17.9. The van der Waals surface area contributed by atoms with Crippen molar-refractivity contribution in [1.82, 2.24) is 39.0 Å². The van der Waals surface area contributed by atoms with Gasteiger partial charge in [0.1, 0.15) is 70.9 Å². The van der Waals surface area contributed by atoms with Gasteiger partial charge in [0.25, 0.3) is 0 Å². The molecule has 4 aliphatic heterocycles. The number of hydrogen-bond donors (Lipinski definition) is 1. The van der Waals surface area contributed by atoms with Crippen molar-refractivity contribution in [3.05, 3.63) is 117 Å². The Hall–Kier alpha value is -2.87. The summed E-state index contributed by atoms with van der Waals surface area (Å²) in [6.45, 7) is 8.88. The van der Waals surface area contributed by atoms with Gasteiger partial charge < -0.3 is 49.2 Å². The van der Waals surface area contributed by atoms with E-state index in [1.165, 1.54) is 12.7 Å². The minimum atomic E-state index is -0.704. The molecule has 16 nitrogen and oxygen atoms in total. The summed E-state index contributed by atoms with van der Waals surface area (Å²) < 4.78 is 43.9. The number of nitrogens with zero attached hydrogens (tertiary/aromatic N) is 9. The zero-order valence-corrected chi connectivity index (χ0v) is 48.0. The molecule has 0 aliphatic carbocycles. The van der Waals surface area contributed by atoms with Gasteiger partial charge in [-0.15, -0.1) is 0 Å². The number of halogens is 5. The van der Waals surface area contributed by atoms with E-state index in [1.807, 2.05) is 104 Å². The van der Waals surface area contributed by atoms with Gasteiger partial charge in [0, 0.05) is 76.0 Å². The molecule has 4 saturated heterocycles. The van der Waals surface area contributed by atoms with Gasteiger partial charge in [-0.2, -0.15) is 0 Å². The predicted octanol–water partition coefficient (Wildman–Crippen LogP) is 8.04. The zero-order chi connectivity index (χ0) is 48.4. The molecule has 1 N–H and O–H groups in total. The molecule has 4 fully saturated rings. The van der Waals surface area contributed by atoms with Crippen LogP contribution in [0.4, 0.5) is 11.4 Å². The summed E-state index contributed by atoms with van der Waals surface area (Å²) >= 11 is 21.6. The first-order chi connectivity index (χ1) is 33.2. The third kappa shape index (κ3) is 10.4. The second kappa shape index (κ2) is 21.2. The van der Waals surface area contributed by atoms with Crippen molar-refractivity contribution in [3.8, 4) is 0 Å². The molecular weight excluding hydrogens is 1190 g/mol. The van der Waals surface area contributed by atoms with E-state index < -0.39 is 24.0 Å². The molecule has 12 rings (SSSR count). The Labute approximate surface area is 468 Å². The van der Waals surface area contributed by atoms with Crippen LogP contribution in [0, 0.1) is 0 Å². The number of anilines is 2. The van der Waals surface area contributed by atoms with Crippen molar-refractivity contribution in [2.45, 2.75) is 88.3 Å². The number of likely N-dealkylation sites (N-methyl/N-ethyl adjacent to an activating group) is 1. The van der Waals surface area contributed by atoms with Crippen LogP contribution in [0.1, 0.15) is 41.6 Å². The second-order valence-corrected chi connectivity index (χ2v) is 20.4. The van der Waals surface area contributed by atoms with Gasteiger partial charge in [-0.3, -0.25) is 9.97 Å². The van der Waals surface area contributed by atoms with Crippen LogP contribution in [0.3, 0.4) is 0 Å². The maximum absolute atomic E-state index is 6.56. The zero-order valence-electron chi connectivity index (χ0n) is 40.1. The molecule has 362 valence electrons. The van der Waals surface area contributed by atoms with E-state index in [2.05, 4.69) is 119 Å². The molecule has 0 saturated carbocycles. The van der Waals surface area contributed by atoms with E-state index in [-0.39, 0.29) is 67.6 Å². The van der Waals surface area contributed by atoms with Crippen LogP contribution < -0.4 is 39.8 Å². The molecule has 0 unspecified atom stereocenters. The number of pyridine rings is 2. The predicted molar refractivity (Wildman–Crippen MR) is 282 cm³/mol. The topological polar surface area (TPSA) is 158 Å². The third-order valence-corrected chi connectivity index (χ3v) is 13.9. The third-order valence-electron chi connectivity index (χ3n) is 12.4. The van der Waals surface area contributed by atoms with Gasteiger partial charge in [0.2, 0.25) is 0 Å². The monoisotopic (exact) mass is 1240 g/mol. The Morgan fingerprint density at radius 1 is 0.657 bits per heavy atom. The van der Waals surface area contributed by atoms with Crippen LogP contribution in [-0.2, 0) is 28.4 Å². The fraction of sp³-hybridized carbons (Fsp3) is 0.375. The number of ether oxygens (including phenoxy) is 6. The number of nitrogens with one attached hydrogen (secondary N) is 1. The maximum atomic E-state index is 6.56. The molecule has 8 aromatic rings. The molecule has 0 spiro atoms. The van der Waals surface area contributed by atoms with Crippen LogP contribution >= 0.6 is 77.7 Å². The SMILES string of the molecule is CC1(C)O[C@@H]2[C@H](O1)[C@@H](CNc1ccc3cc(Br)cnc3c1)O[C@H]2n1ccc2c(Cl)ncnc21.CI.CN(C[C@H]1O[C@@H](n2ccc3c(Cl)ncnc32)[C@@H]2OC(C)(C)O[C@@H]21)c1ccc2cc(Br)cnc2c1.[H-].[Na+]. The van der Waals surface area contributed by atoms with Crippen molar-refractivity contribution < 1.29 is 59.4 Å². The molecule has 8 atom stereocenters. The van der Waals surface area contributed by atoms with Crippen molar-refractivity contribution in [1.29, 1.82) is 0 Å². The smallest absolute Gasteiger partial charge is 1.00 e. The number of hydrogen-bond acceptors (Lipinski definition) is 14. The molecule has 0 amide bonds. The van der Waals surface area contributed by atoms with Crippen molar-refractivity contribution in [3.63, 3.8) is 0 Å². The van der Waals surface area contributed by atoms with E-state index in [9.17, 15) is 0 Å². The molecule has 70 heavy (non-hydrogen) atoms. The van der Waals surface area contributed by atoms with Gasteiger partial charge in [-0.1, -0.05) is 57.9 Å². The molecular formula is C48H48Br2Cl2IN10NaO6. The van der Waals surface area contributed by atoms with Crippen molar-refractivity contribution in [2.24, 2.45) is 0 Å². The molecule has 10 heterocycles. The number of benzene rings is 2. The van der Waals surface area contributed by atoms with Crippen molar-refractivity contribution in [2.75, 3.05) is 35.3 Å². The summed E-state index contributed by atoms with van der Waals surface area (Å²) in [6, 6.07) is 20.3. The Morgan fingerprint density at radius 3 is 1.70 bits per heavy atom. The Balaban J connectivity index is 0.000000179. The summed E-state index contributed by atoms with van der Waals surface area (Å²) in [5.41, 5.74) is 5.28. The first kappa shape index (κ1) is 52.0. The normalized spacial score (nSPS) is 25.0. The van der Waals surface area contributed by atoms with Gasteiger partial charge in [-0.25, -0.2) is 19.9 Å². The Morgan fingerprint density at radius 2 is 1.14 bits per heavy atom. The largest absolute Gasteiger partial charge is 1.00 e. The molecule has 4 aliphatic rings. The van der Waals surface area contributed by atoms with Gasteiger partial charge in [0.15, 0.2) is 24.0 Å². The molecule has 0 radical (unpaired) electrons. The minimum absolute atomic E-state index is 0. The van der Waals surface area contributed by atoms with Crippen LogP contribution in [0.15, 0.2) is 107 Å². The quantitative estimate of drug-likeness (QED) is 0.0675. The maximum Gasteiger partial charge on any atom is 1.00 e. The Bertz CT molecular complexity index is 3200. The van der Waals surface area contributed by atoms with E-state index in [0.717, 1.165) is 52.9 Å². The summed E-state index contributed by atoms with van der Waals surface area (Å²) in [7, 11) is 2.05. The minimum Gasteiger partial charge on any atom is -1.00 e. The van der Waals surface area contributed by atoms with E-state index in [4.69, 9.17) is 51.6 Å². The van der Waals surface area contributed by atoms with Gasteiger partial charge in [-0.05, 0) is 113 Å². The Kier molecular flexibility index (Phi) is 15.7. The van der Waals surface area contributed by atoms with E-state index in [0.29, 0.717) is 34.7 Å². The standard InChI is InChI=1S/C24H23BrClN5O3.C23H21BrClN5O3.CH3I.Na.H/c1-24(2)33-19-18(11-30(3)15-5-4-13-8-14(25)10-27-17(13)9-15)32-23(20(19)34-24)31-7-6-16-21(26)28-12-29-22(16)31;1-23(2)32-18-17(10-26-14-4-3-12-7-13(24)9-27-16(12)8-14)31-22(19(18)33-23)30-6-5-15-20(25)28-11-29-21(15)30;1-2;;/h4-10,12,18-20,23H,11H2,1-3H3;3-9,11,17-19,22,26H,10H2,1-2H3;1H3;;/q;;;+1;-1/t18-,19-,20-,23-;17-,18-,19-,22-;;;/m11.../s1. The average molecular weight is 1240 g/mol. The fourth-order valence-corrected chi connectivity index (χ4v) is 10.6. The molecule has 2 aromatic carbocycles.